The molecule has 9 heteroatoms. The second kappa shape index (κ2) is 7.62. The Morgan fingerprint density at radius 1 is 1.09 bits per heavy atom. The lowest BCUT2D eigenvalue weighted by molar-refractivity contribution is -0.120. The molecular formula is C23H21N3O3S3. The smallest absolute Gasteiger partial charge is 0.252 e. The molecule has 164 valence electrons. The molecule has 1 aliphatic carbocycles. The van der Waals surface area contributed by atoms with Crippen LogP contribution in [0.2, 0.25) is 0 Å². The van der Waals surface area contributed by atoms with E-state index in [1.54, 1.807) is 17.5 Å². The lowest BCUT2D eigenvalue weighted by Gasteiger charge is -2.29. The fourth-order valence-electron chi connectivity index (χ4n) is 4.86. The Balaban J connectivity index is 1.19. The Bertz CT molecular complexity index is 1450. The van der Waals surface area contributed by atoms with Gasteiger partial charge in [-0.3, -0.25) is 4.79 Å². The predicted octanol–water partition coefficient (Wildman–Crippen LogP) is 4.65. The lowest BCUT2D eigenvalue weighted by atomic mass is 9.97. The highest BCUT2D eigenvalue weighted by Crippen LogP contribution is 2.39. The largest absolute Gasteiger partial charge is 0.302 e. The van der Waals surface area contributed by atoms with Gasteiger partial charge in [-0.2, -0.15) is 4.31 Å². The maximum atomic E-state index is 12.9. The second-order valence-corrected chi connectivity index (χ2v) is 12.5. The Labute approximate surface area is 193 Å². The van der Waals surface area contributed by atoms with E-state index in [9.17, 15) is 13.2 Å². The Kier molecular flexibility index (Phi) is 4.83. The zero-order valence-electron chi connectivity index (χ0n) is 17.2. The van der Waals surface area contributed by atoms with Crippen molar-refractivity contribution in [1.82, 2.24) is 9.29 Å². The van der Waals surface area contributed by atoms with Crippen molar-refractivity contribution in [3.05, 3.63) is 52.9 Å². The van der Waals surface area contributed by atoms with Crippen LogP contribution in [0.4, 0.5) is 5.13 Å². The molecule has 4 aromatic rings. The number of amides is 1. The van der Waals surface area contributed by atoms with Gasteiger partial charge in [0.15, 0.2) is 5.13 Å². The van der Waals surface area contributed by atoms with Gasteiger partial charge in [0.05, 0.1) is 10.2 Å². The van der Waals surface area contributed by atoms with Crippen LogP contribution < -0.4 is 5.32 Å². The number of aryl methyl sites for hydroxylation is 2. The molecule has 1 amide bonds. The van der Waals surface area contributed by atoms with E-state index in [0.717, 1.165) is 28.4 Å². The van der Waals surface area contributed by atoms with Gasteiger partial charge in [-0.25, -0.2) is 13.4 Å². The molecule has 2 aliphatic rings. The number of hydrogen-bond acceptors (Lipinski definition) is 6. The number of nitrogens with one attached hydrogen (secondary N) is 1. The highest BCUT2D eigenvalue weighted by molar-refractivity contribution is 7.91. The SMILES string of the molecule is O=C(Nc1nc2c(cc3c4c(cccc42)CC3)s1)C1CCN(S(=O)(=O)c2cccs2)CC1. The normalized spacial score (nSPS) is 17.4. The lowest BCUT2D eigenvalue weighted by Crippen LogP contribution is -2.41. The van der Waals surface area contributed by atoms with Gasteiger partial charge in [-0.05, 0) is 59.7 Å². The molecule has 1 N–H and O–H groups in total. The second-order valence-electron chi connectivity index (χ2n) is 8.34. The molecule has 0 radical (unpaired) electrons. The number of benzene rings is 2. The van der Waals surface area contributed by atoms with E-state index >= 15 is 0 Å². The van der Waals surface area contributed by atoms with Crippen LogP contribution >= 0.6 is 22.7 Å². The van der Waals surface area contributed by atoms with Crippen LogP contribution in [0.3, 0.4) is 0 Å². The first-order chi connectivity index (χ1) is 15.5. The van der Waals surface area contributed by atoms with E-state index < -0.39 is 10.0 Å². The van der Waals surface area contributed by atoms with Crippen LogP contribution in [0.25, 0.3) is 21.0 Å². The fraction of sp³-hybridized carbons (Fsp3) is 0.304. The predicted molar refractivity (Wildman–Crippen MR) is 129 cm³/mol. The van der Waals surface area contributed by atoms with E-state index in [2.05, 4.69) is 29.6 Å². The first kappa shape index (κ1) is 20.3. The molecule has 1 fully saturated rings. The van der Waals surface area contributed by atoms with Crippen LogP contribution in [0.1, 0.15) is 24.0 Å². The number of rotatable bonds is 4. The number of thiazole rings is 1. The summed E-state index contributed by atoms with van der Waals surface area (Å²) in [5, 5.41) is 7.87. The third-order valence-electron chi connectivity index (χ3n) is 6.49. The topological polar surface area (TPSA) is 79.4 Å². The molecule has 0 spiro atoms. The van der Waals surface area contributed by atoms with Crippen LogP contribution in [0.5, 0.6) is 0 Å². The van der Waals surface area contributed by atoms with Gasteiger partial charge in [-0.1, -0.05) is 35.6 Å². The zero-order chi connectivity index (χ0) is 21.9. The van der Waals surface area contributed by atoms with Crippen molar-refractivity contribution in [2.24, 2.45) is 5.92 Å². The summed E-state index contributed by atoms with van der Waals surface area (Å²) in [6.07, 6.45) is 3.16. The minimum atomic E-state index is -3.46. The van der Waals surface area contributed by atoms with Crippen molar-refractivity contribution in [3.8, 4) is 0 Å². The number of carbonyl (C=O) groups is 1. The number of sulfonamides is 1. The van der Waals surface area contributed by atoms with Crippen LogP contribution in [-0.4, -0.2) is 36.7 Å². The van der Waals surface area contributed by atoms with Crippen molar-refractivity contribution < 1.29 is 13.2 Å². The molecule has 0 bridgehead atoms. The Morgan fingerprint density at radius 2 is 1.91 bits per heavy atom. The summed E-state index contributed by atoms with van der Waals surface area (Å²) in [5.41, 5.74) is 3.69. The molecule has 0 saturated carbocycles. The minimum Gasteiger partial charge on any atom is -0.302 e. The maximum absolute atomic E-state index is 12.9. The van der Waals surface area contributed by atoms with E-state index in [4.69, 9.17) is 4.98 Å². The third kappa shape index (κ3) is 3.26. The molecule has 2 aromatic heterocycles. The molecule has 2 aromatic carbocycles. The minimum absolute atomic E-state index is 0.0745. The van der Waals surface area contributed by atoms with E-state index in [-0.39, 0.29) is 11.8 Å². The quantitative estimate of drug-likeness (QED) is 0.458. The summed E-state index contributed by atoms with van der Waals surface area (Å²) in [6, 6.07) is 12.0. The Morgan fingerprint density at radius 3 is 2.69 bits per heavy atom. The van der Waals surface area contributed by atoms with Crippen molar-refractivity contribution in [2.75, 3.05) is 18.4 Å². The van der Waals surface area contributed by atoms with Gasteiger partial charge in [-0.15, -0.1) is 11.3 Å². The number of fused-ring (bicyclic) bond motifs is 2. The van der Waals surface area contributed by atoms with Crippen LogP contribution in [-0.2, 0) is 27.7 Å². The van der Waals surface area contributed by atoms with E-state index in [1.165, 1.54) is 43.5 Å². The highest BCUT2D eigenvalue weighted by atomic mass is 32.2. The van der Waals surface area contributed by atoms with Gasteiger partial charge in [0, 0.05) is 24.4 Å². The fourth-order valence-corrected chi connectivity index (χ4v) is 8.43. The van der Waals surface area contributed by atoms with Crippen molar-refractivity contribution in [3.63, 3.8) is 0 Å². The molecule has 0 atom stereocenters. The maximum Gasteiger partial charge on any atom is 0.252 e. The summed E-state index contributed by atoms with van der Waals surface area (Å²) >= 11 is 2.74. The first-order valence-corrected chi connectivity index (χ1v) is 13.8. The van der Waals surface area contributed by atoms with Gasteiger partial charge in [0.1, 0.15) is 4.21 Å². The molecule has 1 aliphatic heterocycles. The first-order valence-electron chi connectivity index (χ1n) is 10.7. The molecular weight excluding hydrogens is 462 g/mol. The standard InChI is InChI=1S/C23H21N3O3S3/c27-22(15-8-10-26(11-9-15)32(28,29)19-5-2-12-30-19)25-23-24-21-17-4-1-3-14-6-7-16(20(14)17)13-18(21)31-23/h1-5,12-13,15H,6-11H2,(H,24,25,27). The summed E-state index contributed by atoms with van der Waals surface area (Å²) in [5.74, 6) is -0.288. The molecule has 3 heterocycles. The number of hydrogen-bond donors (Lipinski definition) is 1. The third-order valence-corrected chi connectivity index (χ3v) is 10.7. The monoisotopic (exact) mass is 483 g/mol. The number of anilines is 1. The summed E-state index contributed by atoms with van der Waals surface area (Å²) in [6.45, 7) is 0.712. The van der Waals surface area contributed by atoms with Crippen LogP contribution in [0.15, 0.2) is 46.0 Å². The molecule has 0 unspecified atom stereocenters. The molecule has 32 heavy (non-hydrogen) atoms. The summed E-state index contributed by atoms with van der Waals surface area (Å²) < 4.78 is 28.4. The van der Waals surface area contributed by atoms with E-state index in [1.807, 2.05) is 0 Å². The van der Waals surface area contributed by atoms with Gasteiger partial charge < -0.3 is 5.32 Å². The van der Waals surface area contributed by atoms with Gasteiger partial charge in [0.2, 0.25) is 5.91 Å². The van der Waals surface area contributed by atoms with E-state index in [0.29, 0.717) is 35.3 Å². The van der Waals surface area contributed by atoms with Crippen molar-refractivity contribution in [1.29, 1.82) is 0 Å². The van der Waals surface area contributed by atoms with Crippen molar-refractivity contribution in [2.45, 2.75) is 29.9 Å². The number of carbonyl (C=O) groups excluding carboxylic acids is 1. The van der Waals surface area contributed by atoms with Gasteiger partial charge in [0.25, 0.3) is 10.0 Å². The molecule has 6 nitrogen and oxygen atoms in total. The number of nitrogens with zero attached hydrogens (tertiary/aromatic N) is 2. The number of aromatic nitrogens is 1. The molecule has 1 saturated heterocycles. The average Bonchev–Trinajstić information content (AvgIpc) is 3.55. The van der Waals surface area contributed by atoms with Crippen molar-refractivity contribution >= 4 is 64.7 Å². The summed E-state index contributed by atoms with van der Waals surface area (Å²) in [4.78, 5) is 17.7. The molecule has 6 rings (SSSR count). The van der Waals surface area contributed by atoms with Crippen LogP contribution in [0, 0.1) is 5.92 Å². The number of piperidine rings is 1. The summed E-state index contributed by atoms with van der Waals surface area (Å²) in [7, 11) is -3.46. The zero-order valence-corrected chi connectivity index (χ0v) is 19.7. The average molecular weight is 484 g/mol. The number of thiophene rings is 1. The highest BCUT2D eigenvalue weighted by Gasteiger charge is 2.33. The Hall–Kier alpha value is -2.33. The van der Waals surface area contributed by atoms with Gasteiger partial charge >= 0.3 is 0 Å².